The summed E-state index contributed by atoms with van der Waals surface area (Å²) >= 11 is 7.88. The maximum atomic E-state index is 13.9. The minimum absolute atomic E-state index is 0.0861. The topological polar surface area (TPSA) is 76.5 Å². The number of likely N-dealkylation sites (tertiary alicyclic amines) is 1. The molecule has 2 aromatic heterocycles. The van der Waals surface area contributed by atoms with Crippen LogP contribution in [0.2, 0.25) is 5.02 Å². The van der Waals surface area contributed by atoms with Crippen LogP contribution in [0.3, 0.4) is 0 Å². The number of thiazole rings is 1. The Bertz CT molecular complexity index is 1510. The molecular formula is C29H29ClN4O3S. The van der Waals surface area contributed by atoms with E-state index >= 15 is 0 Å². The van der Waals surface area contributed by atoms with E-state index in [0.29, 0.717) is 35.5 Å². The van der Waals surface area contributed by atoms with Crippen LogP contribution < -0.4 is 10.1 Å². The zero-order chi connectivity index (χ0) is 26.2. The van der Waals surface area contributed by atoms with E-state index in [1.165, 1.54) is 0 Å². The predicted octanol–water partition coefficient (Wildman–Crippen LogP) is 6.62. The molecule has 7 nitrogen and oxygen atoms in total. The lowest BCUT2D eigenvalue weighted by Gasteiger charge is -2.35. The van der Waals surface area contributed by atoms with Gasteiger partial charge in [0, 0.05) is 48.7 Å². The van der Waals surface area contributed by atoms with E-state index in [2.05, 4.69) is 5.32 Å². The van der Waals surface area contributed by atoms with E-state index in [0.717, 1.165) is 58.5 Å². The highest BCUT2D eigenvalue weighted by atomic mass is 35.5. The first-order chi connectivity index (χ1) is 18.5. The first-order valence-electron chi connectivity index (χ1n) is 13.1. The first-order valence-corrected chi connectivity index (χ1v) is 14.2. The van der Waals surface area contributed by atoms with Gasteiger partial charge in [-0.25, -0.2) is 9.78 Å². The van der Waals surface area contributed by atoms with E-state index in [4.69, 9.17) is 21.3 Å². The van der Waals surface area contributed by atoms with Crippen LogP contribution in [0.4, 0.5) is 4.79 Å². The van der Waals surface area contributed by atoms with E-state index in [9.17, 15) is 9.59 Å². The molecule has 1 saturated carbocycles. The molecule has 0 bridgehead atoms. The number of carbonyl (C=O) groups is 2. The number of fused-ring (bicyclic) bond motifs is 1. The van der Waals surface area contributed by atoms with E-state index in [-0.39, 0.29) is 11.9 Å². The van der Waals surface area contributed by atoms with Gasteiger partial charge in [-0.05, 0) is 68.0 Å². The molecule has 4 aromatic rings. The zero-order valence-corrected chi connectivity index (χ0v) is 22.7. The Morgan fingerprint density at radius 1 is 1.13 bits per heavy atom. The standard InChI is InChI=1S/C29H29ClN4O3S/c1-33-15-13-22-23(33)9-5-10-24(22)37-29(36)31-17-21-8-2-3-14-34(21)28(35)25-26(19-6-4-7-20(30)16-19)38-27(32-25)18-11-12-18/h4-7,9-10,13,15-16,18,21H,2-3,8,11-12,14,17H2,1H3,(H,31,36)/t21-/m0/s1. The lowest BCUT2D eigenvalue weighted by Crippen LogP contribution is -2.50. The zero-order valence-electron chi connectivity index (χ0n) is 21.2. The Labute approximate surface area is 230 Å². The van der Waals surface area contributed by atoms with Gasteiger partial charge in [-0.2, -0.15) is 0 Å². The van der Waals surface area contributed by atoms with E-state index < -0.39 is 6.09 Å². The largest absolute Gasteiger partial charge is 0.412 e. The second kappa shape index (κ2) is 10.4. The summed E-state index contributed by atoms with van der Waals surface area (Å²) in [6.07, 6.45) is 6.38. The highest BCUT2D eigenvalue weighted by Crippen LogP contribution is 2.45. The van der Waals surface area contributed by atoms with Gasteiger partial charge >= 0.3 is 6.09 Å². The van der Waals surface area contributed by atoms with Crippen LogP contribution in [0.15, 0.2) is 54.7 Å². The van der Waals surface area contributed by atoms with Crippen LogP contribution in [0.5, 0.6) is 5.75 Å². The molecule has 2 fully saturated rings. The third kappa shape index (κ3) is 5.02. The van der Waals surface area contributed by atoms with E-state index in [1.54, 1.807) is 17.4 Å². The number of nitrogens with one attached hydrogen (secondary N) is 1. The summed E-state index contributed by atoms with van der Waals surface area (Å²) < 4.78 is 7.63. The number of rotatable bonds is 6. The molecule has 2 aliphatic rings. The number of benzene rings is 2. The fraction of sp³-hybridized carbons (Fsp3) is 0.345. The number of amides is 2. The van der Waals surface area contributed by atoms with Crippen molar-refractivity contribution in [1.29, 1.82) is 0 Å². The molecule has 2 aromatic carbocycles. The van der Waals surface area contributed by atoms with Crippen molar-refractivity contribution in [2.75, 3.05) is 13.1 Å². The Balaban J connectivity index is 1.19. The number of nitrogens with zero attached hydrogens (tertiary/aromatic N) is 3. The molecule has 1 saturated heterocycles. The summed E-state index contributed by atoms with van der Waals surface area (Å²) in [5.41, 5.74) is 2.39. The van der Waals surface area contributed by atoms with Crippen molar-refractivity contribution in [3.05, 3.63) is 70.5 Å². The van der Waals surface area contributed by atoms with Gasteiger partial charge in [-0.15, -0.1) is 11.3 Å². The molecule has 1 atom stereocenters. The van der Waals surface area contributed by atoms with Gasteiger partial charge in [0.05, 0.1) is 15.4 Å². The number of halogens is 1. The van der Waals surface area contributed by atoms with Crippen molar-refractivity contribution in [2.24, 2.45) is 7.05 Å². The van der Waals surface area contributed by atoms with Crippen LogP contribution in [-0.2, 0) is 7.05 Å². The van der Waals surface area contributed by atoms with Crippen LogP contribution in [0, 0.1) is 0 Å². The number of ether oxygens (including phenoxy) is 1. The molecule has 2 amide bonds. The van der Waals surface area contributed by atoms with Crippen molar-refractivity contribution in [2.45, 2.75) is 44.1 Å². The minimum atomic E-state index is -0.524. The second-order valence-electron chi connectivity index (χ2n) is 10.0. The maximum Gasteiger partial charge on any atom is 0.412 e. The number of piperidine rings is 1. The van der Waals surface area contributed by atoms with Gasteiger partial charge in [0.2, 0.25) is 0 Å². The van der Waals surface area contributed by atoms with Crippen molar-refractivity contribution in [3.63, 3.8) is 0 Å². The monoisotopic (exact) mass is 548 g/mol. The summed E-state index contributed by atoms with van der Waals surface area (Å²) in [7, 11) is 1.95. The number of aromatic nitrogens is 2. The van der Waals surface area contributed by atoms with Gasteiger partial charge in [0.15, 0.2) is 0 Å². The molecule has 0 unspecified atom stereocenters. The van der Waals surface area contributed by atoms with Crippen molar-refractivity contribution >= 4 is 45.8 Å². The Morgan fingerprint density at radius 2 is 1.97 bits per heavy atom. The molecule has 1 aliphatic heterocycles. The average Bonchev–Trinajstić information content (AvgIpc) is 3.57. The Morgan fingerprint density at radius 3 is 2.79 bits per heavy atom. The van der Waals surface area contributed by atoms with Gasteiger partial charge in [0.1, 0.15) is 11.4 Å². The van der Waals surface area contributed by atoms with E-state index in [1.807, 2.05) is 65.2 Å². The molecule has 1 N–H and O–H groups in total. The van der Waals surface area contributed by atoms with Gasteiger partial charge in [0.25, 0.3) is 5.91 Å². The van der Waals surface area contributed by atoms with Crippen LogP contribution in [0.1, 0.15) is 53.5 Å². The molecule has 38 heavy (non-hydrogen) atoms. The fourth-order valence-corrected chi connectivity index (χ4v) is 6.54. The Kier molecular flexibility index (Phi) is 6.84. The van der Waals surface area contributed by atoms with Crippen molar-refractivity contribution in [1.82, 2.24) is 19.8 Å². The van der Waals surface area contributed by atoms with Crippen LogP contribution in [0.25, 0.3) is 21.3 Å². The van der Waals surface area contributed by atoms with Crippen molar-refractivity contribution < 1.29 is 14.3 Å². The lowest BCUT2D eigenvalue weighted by atomic mass is 10.0. The summed E-state index contributed by atoms with van der Waals surface area (Å²) in [6.45, 7) is 0.955. The van der Waals surface area contributed by atoms with Gasteiger partial charge < -0.3 is 19.5 Å². The summed E-state index contributed by atoms with van der Waals surface area (Å²) in [5.74, 6) is 0.873. The smallest absolute Gasteiger partial charge is 0.410 e. The fourth-order valence-electron chi connectivity index (χ4n) is 5.13. The molecule has 9 heteroatoms. The Hall–Kier alpha value is -3.36. The lowest BCUT2D eigenvalue weighted by molar-refractivity contribution is 0.0607. The average molecular weight is 549 g/mol. The number of aryl methyl sites for hydroxylation is 1. The predicted molar refractivity (Wildman–Crippen MR) is 150 cm³/mol. The first kappa shape index (κ1) is 24.9. The summed E-state index contributed by atoms with van der Waals surface area (Å²) in [5, 5.41) is 5.43. The van der Waals surface area contributed by atoms with Gasteiger partial charge in [-0.1, -0.05) is 29.8 Å². The molecule has 1 aliphatic carbocycles. The number of carbonyl (C=O) groups excluding carboxylic acids is 2. The third-order valence-electron chi connectivity index (χ3n) is 7.32. The molecular weight excluding hydrogens is 520 g/mol. The SMILES string of the molecule is Cn1ccc2c(OC(=O)NC[C@@H]3CCCCN3C(=O)c3nc(C4CC4)sc3-c3cccc(Cl)c3)cccc21. The molecule has 3 heterocycles. The van der Waals surface area contributed by atoms with Crippen LogP contribution in [-0.4, -0.2) is 45.6 Å². The molecule has 0 spiro atoms. The maximum absolute atomic E-state index is 13.9. The van der Waals surface area contributed by atoms with Crippen molar-refractivity contribution in [3.8, 4) is 16.2 Å². The highest BCUT2D eigenvalue weighted by Gasteiger charge is 2.34. The normalized spacial score (nSPS) is 17.5. The van der Waals surface area contributed by atoms with Crippen LogP contribution >= 0.6 is 22.9 Å². The number of hydrogen-bond acceptors (Lipinski definition) is 5. The third-order valence-corrected chi connectivity index (χ3v) is 8.82. The van der Waals surface area contributed by atoms with Gasteiger partial charge in [-0.3, -0.25) is 4.79 Å². The molecule has 6 rings (SSSR count). The highest BCUT2D eigenvalue weighted by molar-refractivity contribution is 7.15. The second-order valence-corrected chi connectivity index (χ2v) is 11.5. The minimum Gasteiger partial charge on any atom is -0.410 e. The number of hydrogen-bond donors (Lipinski definition) is 1. The quantitative estimate of drug-likeness (QED) is 0.294. The molecule has 0 radical (unpaired) electrons. The summed E-state index contributed by atoms with van der Waals surface area (Å²) in [4.78, 5) is 34.2. The summed E-state index contributed by atoms with van der Waals surface area (Å²) in [6, 6.07) is 15.0. The molecule has 196 valence electrons.